The van der Waals surface area contributed by atoms with Crippen molar-refractivity contribution in [1.82, 2.24) is 69.9 Å². The van der Waals surface area contributed by atoms with Crippen molar-refractivity contribution in [1.29, 1.82) is 10.5 Å². The molecule has 14 heterocycles. The van der Waals surface area contributed by atoms with Crippen molar-refractivity contribution in [2.75, 3.05) is 108 Å². The van der Waals surface area contributed by atoms with E-state index in [0.717, 1.165) is 141 Å². The molecule has 0 bridgehead atoms. The van der Waals surface area contributed by atoms with Crippen LogP contribution in [0.5, 0.6) is 0 Å². The van der Waals surface area contributed by atoms with Crippen LogP contribution in [0.2, 0.25) is 10.0 Å². The highest BCUT2D eigenvalue weighted by molar-refractivity contribution is 6.38. The lowest BCUT2D eigenvalue weighted by atomic mass is 10.0. The van der Waals surface area contributed by atoms with Crippen molar-refractivity contribution in [3.8, 4) is 12.1 Å². The van der Waals surface area contributed by atoms with E-state index in [1.165, 1.54) is 30.9 Å². The minimum absolute atomic E-state index is 0. The normalized spacial score (nSPS) is 15.3. The third-order valence-electron chi connectivity index (χ3n) is 19.9. The SMILES string of the molecule is CC.CC(C)(C)OC(=O)N1CCC[C@@H](N)C1.CCCO.CCCOC(=O)c1cnc2[nH]ccc2c1Cl.CCCOC(=O)c1cnc2[nH]ccc2c1N[C@@H]1CCCN(C(=O)CC#N)C1.CCCOC(=O)c1cnc2[nH]ccc2c1N[C@@H]1CCCN(C(=O)OC(C)(C)C)C1.CCCOC(=O)c1cnc2[nH]ccc2c1N[C@@H]1CCCNC1.CCOC(=O)c1cnc2[nH]ccc2c1Cl.Cl.N#CCC(=O)O. The van der Waals surface area contributed by atoms with E-state index < -0.39 is 47.5 Å². The van der Waals surface area contributed by atoms with Gasteiger partial charge in [0.2, 0.25) is 5.91 Å². The van der Waals surface area contributed by atoms with Crippen molar-refractivity contribution < 1.29 is 86.5 Å². The van der Waals surface area contributed by atoms with Gasteiger partial charge in [0.25, 0.3) is 0 Å². The molecule has 14 rings (SSSR count). The fourth-order valence-corrected chi connectivity index (χ4v) is 14.3. The van der Waals surface area contributed by atoms with Gasteiger partial charge in [0.1, 0.15) is 69.0 Å². The highest BCUT2D eigenvalue weighted by Gasteiger charge is 2.33. The van der Waals surface area contributed by atoms with Gasteiger partial charge in [0.05, 0.1) is 83.4 Å². The number of amides is 3. The lowest BCUT2D eigenvalue weighted by Crippen LogP contribution is -2.47. The van der Waals surface area contributed by atoms with Crippen LogP contribution in [0.3, 0.4) is 0 Å². The summed E-state index contributed by atoms with van der Waals surface area (Å²) in [5.41, 5.74) is 12.4. The number of aromatic amines is 5. The first kappa shape index (κ1) is 114. The van der Waals surface area contributed by atoms with Gasteiger partial charge in [0.15, 0.2) is 0 Å². The number of aliphatic hydroxyl groups excluding tert-OH is 1. The molecule has 136 heavy (non-hydrogen) atoms. The number of carboxylic acids is 1. The van der Waals surface area contributed by atoms with Crippen molar-refractivity contribution in [2.24, 2.45) is 5.73 Å². The molecule has 0 radical (unpaired) electrons. The zero-order valence-electron chi connectivity index (χ0n) is 80.1. The summed E-state index contributed by atoms with van der Waals surface area (Å²) < 4.78 is 36.6. The summed E-state index contributed by atoms with van der Waals surface area (Å²) in [5.74, 6) is -3.23. The summed E-state index contributed by atoms with van der Waals surface area (Å²) in [6.45, 7) is 34.5. The number of hydrogen-bond donors (Lipinski definition) is 12. The van der Waals surface area contributed by atoms with Crippen LogP contribution in [-0.2, 0) is 42.7 Å². The number of pyridine rings is 5. The number of carbonyl (C=O) groups excluding carboxylic acids is 8. The zero-order chi connectivity index (χ0) is 99.2. The van der Waals surface area contributed by atoms with E-state index >= 15 is 0 Å². The number of piperidine rings is 4. The molecule has 0 aromatic carbocycles. The second-order valence-electron chi connectivity index (χ2n) is 33.1. The van der Waals surface area contributed by atoms with Crippen LogP contribution in [-0.4, -0.2) is 256 Å². The molecule has 41 heteroatoms. The van der Waals surface area contributed by atoms with Gasteiger partial charge in [-0.3, -0.25) is 9.59 Å². The number of halogens is 3. The fourth-order valence-electron chi connectivity index (χ4n) is 13.7. The summed E-state index contributed by atoms with van der Waals surface area (Å²) in [4.78, 5) is 147. The minimum atomic E-state index is -1.07. The zero-order valence-corrected chi connectivity index (χ0v) is 82.4. The number of esters is 5. The number of nitriles is 2. The molecule has 10 aromatic rings. The Morgan fingerprint density at radius 3 is 1.10 bits per heavy atom. The maximum atomic E-state index is 12.6. The Bertz CT molecular complexity index is 5530. The summed E-state index contributed by atoms with van der Waals surface area (Å²) in [6.07, 6.45) is 26.9. The van der Waals surface area contributed by atoms with E-state index in [0.29, 0.717) is 150 Å². The van der Waals surface area contributed by atoms with Gasteiger partial charge < -0.3 is 110 Å². The van der Waals surface area contributed by atoms with E-state index in [1.54, 1.807) is 64.7 Å². The first-order chi connectivity index (χ1) is 64.7. The molecule has 10 aromatic heterocycles. The Morgan fingerprint density at radius 1 is 0.463 bits per heavy atom. The Hall–Kier alpha value is -12.6. The molecule has 4 fully saturated rings. The number of H-pyrrole nitrogens is 5. The first-order valence-electron chi connectivity index (χ1n) is 45.8. The smallest absolute Gasteiger partial charge is 0.410 e. The van der Waals surface area contributed by atoms with Gasteiger partial charge in [-0.2, -0.15) is 10.5 Å². The highest BCUT2D eigenvalue weighted by atomic mass is 35.5. The number of carbonyl (C=O) groups is 9. The molecule has 4 saturated heterocycles. The van der Waals surface area contributed by atoms with Crippen molar-refractivity contribution in [3.05, 3.63) is 130 Å². The van der Waals surface area contributed by atoms with Gasteiger partial charge in [-0.15, -0.1) is 12.4 Å². The molecule has 4 aliphatic rings. The van der Waals surface area contributed by atoms with Crippen LogP contribution in [0.4, 0.5) is 26.7 Å². The van der Waals surface area contributed by atoms with E-state index in [2.05, 4.69) is 71.1 Å². The Balaban J connectivity index is 0.000000286. The maximum absolute atomic E-state index is 12.6. The van der Waals surface area contributed by atoms with Gasteiger partial charge in [0, 0.05) is 165 Å². The molecule has 4 atom stereocenters. The monoisotopic (exact) mass is 1950 g/mol. The number of fused-ring (bicyclic) bond motifs is 5. The molecule has 38 nitrogen and oxygen atoms in total. The number of aliphatic carboxylic acids is 1. The Morgan fingerprint density at radius 2 is 0.779 bits per heavy atom. The molecule has 4 aliphatic heterocycles. The Labute approximate surface area is 808 Å². The minimum Gasteiger partial charge on any atom is -0.480 e. The number of likely N-dealkylation sites (tertiary alicyclic amines) is 3. The second-order valence-corrected chi connectivity index (χ2v) is 33.9. The van der Waals surface area contributed by atoms with E-state index in [1.807, 2.05) is 120 Å². The molecule has 3 amide bonds. The number of hydrogen-bond acceptors (Lipinski definition) is 29. The average Bonchev–Trinajstić information content (AvgIpc) is 1.54. The predicted molar refractivity (Wildman–Crippen MR) is 525 cm³/mol. The number of ether oxygens (including phenoxy) is 7. The maximum Gasteiger partial charge on any atom is 0.410 e. The number of rotatable bonds is 23. The summed E-state index contributed by atoms with van der Waals surface area (Å²) in [6, 6.07) is 13.0. The Kier molecular flexibility index (Phi) is 49.7. The van der Waals surface area contributed by atoms with Crippen LogP contribution >= 0.6 is 35.6 Å². The van der Waals surface area contributed by atoms with Crippen LogP contribution in [0.1, 0.15) is 245 Å². The van der Waals surface area contributed by atoms with Crippen molar-refractivity contribution in [2.45, 2.75) is 229 Å². The van der Waals surface area contributed by atoms with Crippen molar-refractivity contribution >= 4 is 162 Å². The first-order valence-corrected chi connectivity index (χ1v) is 46.5. The number of nitrogens with zero attached hydrogens (tertiary/aromatic N) is 10. The molecule has 13 N–H and O–H groups in total. The van der Waals surface area contributed by atoms with Crippen LogP contribution in [0.15, 0.2) is 92.3 Å². The molecular formula is C95H133Cl3N20O18. The lowest BCUT2D eigenvalue weighted by Gasteiger charge is -2.35. The quantitative estimate of drug-likeness (QED) is 0.0209. The summed E-state index contributed by atoms with van der Waals surface area (Å²) >= 11 is 12.1. The number of anilines is 3. The van der Waals surface area contributed by atoms with E-state index in [4.69, 9.17) is 82.8 Å². The fraction of sp³-hybridized carbons (Fsp3) is 0.516. The molecule has 0 aliphatic carbocycles. The third-order valence-corrected chi connectivity index (χ3v) is 20.7. The standard InChI is InChI=1S/C21H30N4O4.C19H23N5O3.C16H22N4O2.C11H11ClN2O2.C10H9ClN2O2.C10H20N2O2.C3H3NO2.C3H8O.C2H6.ClH/c1-5-11-28-19(26)16-12-23-18-15(8-9-22-18)17(16)24-14-7-6-10-25(13-14)20(27)29-21(2,3)4;1-2-10-27-19(26)15-11-22-18-14(6-8-21-18)17(15)23-13-4-3-9-24(12-13)16(25)5-7-20;1-2-8-22-16(21)13-10-19-15-12(5-7-18-15)14(13)20-11-4-3-6-17-9-11;1-2-5-16-11(15)8-6-14-10-7(9(8)12)3-4-13-10;1-2-15-10(14)7-5-13-9-6(8(7)11)3-4-12-9;1-10(2,3)14-9(13)12-6-4-5-8(11)7-12;4-2-1-3(5)6;1-2-3-4;1-2;/h8-9,12,14H,5-7,10-11,13H2,1-4H3,(H2,22,23,24);6,8,11,13H,2-5,9-10,12H2,1H3,(H2,21,22,23);5,7,10-11,17H,2-4,6,8-9H2,1H3,(H2,18,19,20);3-4,6H,2,5H2,1H3,(H,13,14);3-5H,2H2,1H3,(H,12,13);8H,4-7,11H2,1-3H3;1H2,(H,5,6);4H,2-3H2,1H3;1-2H3;1H/t14-;13-;11-;;;8-;;;;/m111..1..../s1. The van der Waals surface area contributed by atoms with Gasteiger partial charge >= 0.3 is 48.0 Å². The van der Waals surface area contributed by atoms with Crippen LogP contribution < -0.4 is 27.0 Å². The van der Waals surface area contributed by atoms with Crippen LogP contribution in [0, 0.1) is 22.7 Å². The molecule has 0 spiro atoms. The van der Waals surface area contributed by atoms with Gasteiger partial charge in [-0.05, 0) is 169 Å². The molecule has 742 valence electrons. The second kappa shape index (κ2) is 59.3. The summed E-state index contributed by atoms with van der Waals surface area (Å²) in [5, 5.41) is 50.5. The number of nitrogens with two attached hydrogens (primary N) is 1. The molecular weight excluding hydrogens is 1820 g/mol. The summed E-state index contributed by atoms with van der Waals surface area (Å²) in [7, 11) is 0. The predicted octanol–water partition coefficient (Wildman–Crippen LogP) is 17.0. The number of aliphatic hydroxyl groups is 1. The van der Waals surface area contributed by atoms with Crippen LogP contribution in [0.25, 0.3) is 55.2 Å². The number of nitrogens with one attached hydrogen (secondary N) is 9. The highest BCUT2D eigenvalue weighted by Crippen LogP contribution is 2.34. The number of aromatic nitrogens is 10. The van der Waals surface area contributed by atoms with Crippen molar-refractivity contribution in [3.63, 3.8) is 0 Å². The largest absolute Gasteiger partial charge is 0.480 e. The van der Waals surface area contributed by atoms with Gasteiger partial charge in [-0.25, -0.2) is 58.5 Å². The number of carboxylic acid groups (broad SMARTS) is 1. The van der Waals surface area contributed by atoms with Gasteiger partial charge in [-0.1, -0.05) is 71.7 Å². The van der Waals surface area contributed by atoms with E-state index in [-0.39, 0.29) is 61.0 Å². The average molecular weight is 1950 g/mol. The van der Waals surface area contributed by atoms with E-state index in [9.17, 15) is 43.2 Å². The topological polar surface area (TPSA) is 534 Å². The molecule has 0 unspecified atom stereocenters. The third kappa shape index (κ3) is 36.2. The molecule has 0 saturated carbocycles. The lowest BCUT2D eigenvalue weighted by molar-refractivity contribution is -0.136.